The van der Waals surface area contributed by atoms with Crippen LogP contribution < -0.4 is 5.32 Å². The number of amides is 1. The van der Waals surface area contributed by atoms with Crippen molar-refractivity contribution in [2.24, 2.45) is 5.92 Å². The van der Waals surface area contributed by atoms with Gasteiger partial charge in [0.1, 0.15) is 6.10 Å². The Morgan fingerprint density at radius 2 is 1.83 bits per heavy atom. The Kier molecular flexibility index (Phi) is 5.59. The molecule has 0 aromatic heterocycles. The molecule has 1 rings (SSSR count). The van der Waals surface area contributed by atoms with E-state index in [2.05, 4.69) is 19.2 Å². The van der Waals surface area contributed by atoms with Crippen LogP contribution in [0.2, 0.25) is 0 Å². The van der Waals surface area contributed by atoms with Crippen molar-refractivity contribution in [2.75, 3.05) is 0 Å². The van der Waals surface area contributed by atoms with E-state index in [9.17, 15) is 9.59 Å². The minimum atomic E-state index is -0.988. The molecule has 1 saturated heterocycles. The summed E-state index contributed by atoms with van der Waals surface area (Å²) in [4.78, 5) is 22.6. The van der Waals surface area contributed by atoms with Crippen molar-refractivity contribution >= 4 is 11.9 Å². The zero-order valence-electron chi connectivity index (χ0n) is 11.3. The first-order valence-corrected chi connectivity index (χ1v) is 6.58. The summed E-state index contributed by atoms with van der Waals surface area (Å²) in [5.41, 5.74) is 0. The van der Waals surface area contributed by atoms with Gasteiger partial charge in [0.05, 0.1) is 0 Å². The Morgan fingerprint density at radius 3 is 2.33 bits per heavy atom. The number of aliphatic carboxylic acids is 1. The van der Waals surface area contributed by atoms with Gasteiger partial charge in [0, 0.05) is 6.04 Å². The first kappa shape index (κ1) is 15.0. The van der Waals surface area contributed by atoms with Crippen molar-refractivity contribution in [3.63, 3.8) is 0 Å². The molecule has 18 heavy (non-hydrogen) atoms. The third kappa shape index (κ3) is 4.64. The van der Waals surface area contributed by atoms with E-state index in [0.717, 1.165) is 12.8 Å². The van der Waals surface area contributed by atoms with Gasteiger partial charge in [-0.2, -0.15) is 0 Å². The van der Waals surface area contributed by atoms with Crippen LogP contribution in [0.4, 0.5) is 0 Å². The first-order valence-electron chi connectivity index (χ1n) is 6.58. The molecule has 1 fully saturated rings. The minimum Gasteiger partial charge on any atom is -0.479 e. The fourth-order valence-corrected chi connectivity index (χ4v) is 2.00. The second-order valence-electron chi connectivity index (χ2n) is 5.41. The van der Waals surface area contributed by atoms with Gasteiger partial charge in [-0.05, 0) is 38.5 Å². The highest BCUT2D eigenvalue weighted by molar-refractivity contribution is 5.82. The third-order valence-corrected chi connectivity index (χ3v) is 3.15. The molecule has 1 aliphatic heterocycles. The minimum absolute atomic E-state index is 0.104. The summed E-state index contributed by atoms with van der Waals surface area (Å²) >= 11 is 0. The van der Waals surface area contributed by atoms with Crippen molar-refractivity contribution in [2.45, 2.75) is 64.7 Å². The van der Waals surface area contributed by atoms with E-state index in [1.54, 1.807) is 0 Å². The topological polar surface area (TPSA) is 75.6 Å². The maximum Gasteiger partial charge on any atom is 0.332 e. The molecule has 0 aliphatic carbocycles. The molecule has 5 nitrogen and oxygen atoms in total. The lowest BCUT2D eigenvalue weighted by atomic mass is 10.0. The van der Waals surface area contributed by atoms with Crippen LogP contribution in [-0.4, -0.2) is 35.2 Å². The number of rotatable bonds is 6. The van der Waals surface area contributed by atoms with Gasteiger partial charge in [-0.15, -0.1) is 0 Å². The molecule has 1 aliphatic rings. The fraction of sp³-hybridized carbons (Fsp3) is 0.846. The molecular weight excluding hydrogens is 234 g/mol. The van der Waals surface area contributed by atoms with Crippen LogP contribution in [0.15, 0.2) is 0 Å². The maximum absolute atomic E-state index is 11.8. The van der Waals surface area contributed by atoms with Crippen LogP contribution in [0.25, 0.3) is 0 Å². The standard InChI is InChI=1S/C13H23NO4/c1-8(2)4-5-9(3)14-12(15)10-6-7-11(18-10)13(16)17/h8-11H,4-7H2,1-3H3,(H,14,15)(H,16,17)/t9?,10-,11+/m0/s1. The predicted octanol–water partition coefficient (Wildman–Crippen LogP) is 1.56. The number of nitrogens with one attached hydrogen (secondary N) is 1. The largest absolute Gasteiger partial charge is 0.479 e. The molecule has 5 heteroatoms. The van der Waals surface area contributed by atoms with E-state index in [1.165, 1.54) is 0 Å². The van der Waals surface area contributed by atoms with Crippen LogP contribution in [-0.2, 0) is 14.3 Å². The predicted molar refractivity (Wildman–Crippen MR) is 67.2 cm³/mol. The first-order chi connectivity index (χ1) is 8.40. The Morgan fingerprint density at radius 1 is 1.22 bits per heavy atom. The van der Waals surface area contributed by atoms with E-state index >= 15 is 0 Å². The fourth-order valence-electron chi connectivity index (χ4n) is 2.00. The molecule has 0 aromatic rings. The number of carboxylic acids is 1. The van der Waals surface area contributed by atoms with Gasteiger partial charge < -0.3 is 15.2 Å². The van der Waals surface area contributed by atoms with E-state index in [4.69, 9.17) is 9.84 Å². The summed E-state index contributed by atoms with van der Waals surface area (Å²) in [7, 11) is 0. The highest BCUT2D eigenvalue weighted by Gasteiger charge is 2.34. The van der Waals surface area contributed by atoms with Crippen LogP contribution in [0, 0.1) is 5.92 Å². The van der Waals surface area contributed by atoms with Gasteiger partial charge >= 0.3 is 5.97 Å². The van der Waals surface area contributed by atoms with E-state index in [0.29, 0.717) is 18.8 Å². The third-order valence-electron chi connectivity index (χ3n) is 3.15. The monoisotopic (exact) mass is 257 g/mol. The molecule has 104 valence electrons. The van der Waals surface area contributed by atoms with E-state index < -0.39 is 18.2 Å². The van der Waals surface area contributed by atoms with Crippen molar-refractivity contribution in [1.29, 1.82) is 0 Å². The van der Waals surface area contributed by atoms with Gasteiger partial charge in [-0.25, -0.2) is 4.79 Å². The van der Waals surface area contributed by atoms with Gasteiger partial charge in [-0.3, -0.25) is 4.79 Å². The molecule has 0 aromatic carbocycles. The SMILES string of the molecule is CC(C)CCC(C)NC(=O)[C@@H]1CC[C@H](C(=O)O)O1. The summed E-state index contributed by atoms with van der Waals surface area (Å²) in [5.74, 6) is -0.559. The van der Waals surface area contributed by atoms with Gasteiger partial charge in [-0.1, -0.05) is 13.8 Å². The molecular formula is C13H23NO4. The van der Waals surface area contributed by atoms with Crippen LogP contribution >= 0.6 is 0 Å². The highest BCUT2D eigenvalue weighted by atomic mass is 16.5. The molecule has 1 amide bonds. The molecule has 0 radical (unpaired) electrons. The molecule has 3 atom stereocenters. The van der Waals surface area contributed by atoms with Crippen LogP contribution in [0.3, 0.4) is 0 Å². The van der Waals surface area contributed by atoms with Crippen LogP contribution in [0.1, 0.15) is 46.5 Å². The number of carboxylic acid groups (broad SMARTS) is 1. The number of hydrogen-bond acceptors (Lipinski definition) is 3. The Labute approximate surface area is 108 Å². The second-order valence-corrected chi connectivity index (χ2v) is 5.41. The van der Waals surface area contributed by atoms with Crippen molar-refractivity contribution in [3.05, 3.63) is 0 Å². The average molecular weight is 257 g/mol. The van der Waals surface area contributed by atoms with Crippen molar-refractivity contribution in [1.82, 2.24) is 5.32 Å². The molecule has 0 spiro atoms. The zero-order chi connectivity index (χ0) is 13.7. The number of ether oxygens (including phenoxy) is 1. The Balaban J connectivity index is 2.31. The molecule has 2 N–H and O–H groups in total. The number of carbonyl (C=O) groups excluding carboxylic acids is 1. The lowest BCUT2D eigenvalue weighted by molar-refractivity contribution is -0.151. The summed E-state index contributed by atoms with van der Waals surface area (Å²) in [6.45, 7) is 6.25. The normalized spacial score (nSPS) is 25.1. The molecule has 0 saturated carbocycles. The highest BCUT2D eigenvalue weighted by Crippen LogP contribution is 2.20. The van der Waals surface area contributed by atoms with Crippen LogP contribution in [0.5, 0.6) is 0 Å². The number of hydrogen-bond donors (Lipinski definition) is 2. The lowest BCUT2D eigenvalue weighted by Crippen LogP contribution is -2.40. The molecule has 1 heterocycles. The summed E-state index contributed by atoms with van der Waals surface area (Å²) in [6.07, 6.45) is 1.45. The molecule has 1 unspecified atom stereocenters. The zero-order valence-corrected chi connectivity index (χ0v) is 11.3. The molecule has 0 bridgehead atoms. The summed E-state index contributed by atoms with van der Waals surface area (Å²) in [6, 6.07) is 0.104. The van der Waals surface area contributed by atoms with Gasteiger partial charge in [0.15, 0.2) is 6.10 Å². The van der Waals surface area contributed by atoms with Crippen molar-refractivity contribution < 1.29 is 19.4 Å². The average Bonchev–Trinajstić information content (AvgIpc) is 2.75. The summed E-state index contributed by atoms with van der Waals surface area (Å²) in [5, 5.41) is 11.7. The lowest BCUT2D eigenvalue weighted by Gasteiger charge is -2.18. The van der Waals surface area contributed by atoms with E-state index in [-0.39, 0.29) is 11.9 Å². The van der Waals surface area contributed by atoms with Gasteiger partial charge in [0.25, 0.3) is 0 Å². The Bertz CT molecular complexity index is 303. The smallest absolute Gasteiger partial charge is 0.332 e. The maximum atomic E-state index is 11.8. The Hall–Kier alpha value is -1.10. The van der Waals surface area contributed by atoms with Crippen molar-refractivity contribution in [3.8, 4) is 0 Å². The quantitative estimate of drug-likeness (QED) is 0.757. The van der Waals surface area contributed by atoms with E-state index in [1.807, 2.05) is 6.92 Å². The van der Waals surface area contributed by atoms with Gasteiger partial charge in [0.2, 0.25) is 5.91 Å². The summed E-state index contributed by atoms with van der Waals surface area (Å²) < 4.78 is 5.20. The number of carbonyl (C=O) groups is 2. The second kappa shape index (κ2) is 6.73.